The zero-order valence-electron chi connectivity index (χ0n) is 20.9. The smallest absolute Gasteiger partial charge is 0.343 e. The van der Waals surface area contributed by atoms with Gasteiger partial charge < -0.3 is 25.0 Å². The Morgan fingerprint density at radius 1 is 0.917 bits per heavy atom. The molecule has 6 nitrogen and oxygen atoms in total. The summed E-state index contributed by atoms with van der Waals surface area (Å²) in [5.41, 5.74) is 2.20. The number of hydrogen-bond donors (Lipinski definition) is 3. The van der Waals surface area contributed by atoms with Crippen LogP contribution in [0.15, 0.2) is 78.9 Å². The van der Waals surface area contributed by atoms with E-state index in [0.29, 0.717) is 17.7 Å². The van der Waals surface area contributed by atoms with E-state index in [2.05, 4.69) is 24.4 Å². The highest BCUT2D eigenvalue weighted by Crippen LogP contribution is 2.26. The monoisotopic (exact) mass is 491 g/mol. The molecule has 0 aliphatic carbocycles. The van der Waals surface area contributed by atoms with Gasteiger partial charge in [0.25, 0.3) is 0 Å². The lowest BCUT2D eigenvalue weighted by Gasteiger charge is -2.18. The van der Waals surface area contributed by atoms with Crippen LogP contribution in [0.2, 0.25) is 0 Å². The summed E-state index contributed by atoms with van der Waals surface area (Å²) in [6.07, 6.45) is 4.32. The van der Waals surface area contributed by atoms with Crippen LogP contribution >= 0.6 is 0 Å². The number of phenolic OH excluding ortho intramolecular Hbond substituents is 1. The molecule has 0 radical (unpaired) electrons. The van der Waals surface area contributed by atoms with E-state index in [1.54, 1.807) is 30.3 Å². The van der Waals surface area contributed by atoms with Gasteiger partial charge in [-0.05, 0) is 61.6 Å². The highest BCUT2D eigenvalue weighted by Gasteiger charge is 2.14. The Hall–Kier alpha value is -3.19. The molecule has 3 aromatic carbocycles. The molecule has 0 fully saturated rings. The molecule has 0 bridgehead atoms. The van der Waals surface area contributed by atoms with Crippen LogP contribution in [0.25, 0.3) is 0 Å². The average molecular weight is 492 g/mol. The molecule has 3 N–H and O–H groups in total. The largest absolute Gasteiger partial charge is 0.508 e. The first-order valence-electron chi connectivity index (χ1n) is 12.7. The van der Waals surface area contributed by atoms with Crippen molar-refractivity contribution in [2.24, 2.45) is 0 Å². The molecule has 0 aromatic heterocycles. The number of aliphatic hydroxyl groups excluding tert-OH is 1. The second kappa shape index (κ2) is 15.0. The van der Waals surface area contributed by atoms with Gasteiger partial charge in [0.05, 0.1) is 18.3 Å². The minimum absolute atomic E-state index is 0.0681. The van der Waals surface area contributed by atoms with Crippen LogP contribution in [0, 0.1) is 0 Å². The number of benzene rings is 3. The van der Waals surface area contributed by atoms with Gasteiger partial charge in [-0.25, -0.2) is 4.79 Å². The van der Waals surface area contributed by atoms with E-state index in [4.69, 9.17) is 9.47 Å². The lowest BCUT2D eigenvalue weighted by Crippen LogP contribution is -2.30. The maximum Gasteiger partial charge on any atom is 0.343 e. The molecule has 0 saturated carbocycles. The molecule has 36 heavy (non-hydrogen) atoms. The van der Waals surface area contributed by atoms with Crippen LogP contribution in [-0.4, -0.2) is 42.0 Å². The topological polar surface area (TPSA) is 88.0 Å². The Morgan fingerprint density at radius 2 is 1.64 bits per heavy atom. The number of carbonyl (C=O) groups excluding carboxylic acids is 1. The van der Waals surface area contributed by atoms with Gasteiger partial charge in [-0.1, -0.05) is 61.4 Å². The summed E-state index contributed by atoms with van der Waals surface area (Å²) in [6.45, 7) is 3.96. The van der Waals surface area contributed by atoms with Gasteiger partial charge in [0.2, 0.25) is 0 Å². The standard InChI is InChI=1S/C30H37NO5/c1-23(11-5-4-10-17-35-18-16-24-12-6-2-7-13-24)31-22-29(33)26-19-27(32)21-28(20-26)36-30(34)25-14-8-3-9-15-25/h2-3,6-9,12-15,19-21,23,29,31-33H,4-5,10-11,16-18,22H2,1H3. The van der Waals surface area contributed by atoms with E-state index in [1.807, 2.05) is 24.3 Å². The summed E-state index contributed by atoms with van der Waals surface area (Å²) >= 11 is 0. The van der Waals surface area contributed by atoms with Gasteiger partial charge >= 0.3 is 5.97 Å². The average Bonchev–Trinajstić information content (AvgIpc) is 2.89. The minimum atomic E-state index is -0.841. The van der Waals surface area contributed by atoms with Crippen LogP contribution in [0.4, 0.5) is 0 Å². The second-order valence-electron chi connectivity index (χ2n) is 9.04. The van der Waals surface area contributed by atoms with Crippen LogP contribution in [0.5, 0.6) is 11.5 Å². The molecule has 192 valence electrons. The first-order valence-corrected chi connectivity index (χ1v) is 12.7. The zero-order valence-corrected chi connectivity index (χ0v) is 20.9. The predicted molar refractivity (Wildman–Crippen MR) is 141 cm³/mol. The normalized spacial score (nSPS) is 12.7. The molecule has 0 aliphatic heterocycles. The molecule has 0 heterocycles. The molecule has 2 atom stereocenters. The van der Waals surface area contributed by atoms with E-state index in [0.717, 1.165) is 45.3 Å². The molecule has 6 heteroatoms. The lowest BCUT2D eigenvalue weighted by molar-refractivity contribution is 0.0733. The van der Waals surface area contributed by atoms with Gasteiger partial charge in [-0.3, -0.25) is 0 Å². The van der Waals surface area contributed by atoms with Crippen LogP contribution in [0.1, 0.15) is 60.2 Å². The number of carbonyl (C=O) groups is 1. The number of aliphatic hydroxyl groups is 1. The van der Waals surface area contributed by atoms with E-state index >= 15 is 0 Å². The SMILES string of the molecule is CC(CCCCCOCCc1ccccc1)NCC(O)c1cc(O)cc(OC(=O)c2ccccc2)c1. The number of nitrogens with one attached hydrogen (secondary N) is 1. The molecule has 3 aromatic rings. The minimum Gasteiger partial charge on any atom is -0.508 e. The summed E-state index contributed by atoms with van der Waals surface area (Å²) in [7, 11) is 0. The van der Waals surface area contributed by atoms with Crippen LogP contribution in [-0.2, 0) is 11.2 Å². The Balaban J connectivity index is 1.31. The van der Waals surface area contributed by atoms with Gasteiger partial charge in [0.15, 0.2) is 0 Å². The molecular formula is C30H37NO5. The van der Waals surface area contributed by atoms with Gasteiger partial charge in [-0.15, -0.1) is 0 Å². The van der Waals surface area contributed by atoms with Crippen molar-refractivity contribution >= 4 is 5.97 Å². The molecule has 0 saturated heterocycles. The summed E-state index contributed by atoms with van der Waals surface area (Å²) in [4.78, 5) is 12.3. The molecule has 0 aliphatic rings. The molecule has 0 amide bonds. The van der Waals surface area contributed by atoms with E-state index in [9.17, 15) is 15.0 Å². The maximum absolute atomic E-state index is 12.3. The molecule has 2 unspecified atom stereocenters. The first kappa shape index (κ1) is 27.4. The third kappa shape index (κ3) is 9.82. The maximum atomic E-state index is 12.3. The number of ether oxygens (including phenoxy) is 2. The first-order chi connectivity index (χ1) is 17.5. The van der Waals surface area contributed by atoms with Crippen LogP contribution in [0.3, 0.4) is 0 Å². The summed E-state index contributed by atoms with van der Waals surface area (Å²) in [5, 5.41) is 24.0. The molecule has 3 rings (SSSR count). The van der Waals surface area contributed by atoms with Crippen molar-refractivity contribution in [1.29, 1.82) is 0 Å². The van der Waals surface area contributed by atoms with Crippen molar-refractivity contribution in [3.8, 4) is 11.5 Å². The number of rotatable bonds is 15. The highest BCUT2D eigenvalue weighted by atomic mass is 16.5. The predicted octanol–water partition coefficient (Wildman–Crippen LogP) is 5.44. The quantitative estimate of drug-likeness (QED) is 0.149. The molecular weight excluding hydrogens is 454 g/mol. The van der Waals surface area contributed by atoms with Crippen molar-refractivity contribution in [3.05, 3.63) is 95.6 Å². The van der Waals surface area contributed by atoms with E-state index < -0.39 is 12.1 Å². The Labute approximate surface area is 213 Å². The second-order valence-corrected chi connectivity index (χ2v) is 9.04. The third-order valence-electron chi connectivity index (χ3n) is 5.98. The van der Waals surface area contributed by atoms with E-state index in [-0.39, 0.29) is 17.5 Å². The number of aromatic hydroxyl groups is 1. The van der Waals surface area contributed by atoms with Crippen molar-refractivity contribution in [2.45, 2.75) is 51.2 Å². The Morgan fingerprint density at radius 3 is 2.39 bits per heavy atom. The summed E-state index contributed by atoms with van der Waals surface area (Å²) < 4.78 is 11.1. The number of hydrogen-bond acceptors (Lipinski definition) is 6. The third-order valence-corrected chi connectivity index (χ3v) is 5.98. The van der Waals surface area contributed by atoms with Crippen LogP contribution < -0.4 is 10.1 Å². The van der Waals surface area contributed by atoms with E-state index in [1.165, 1.54) is 17.7 Å². The van der Waals surface area contributed by atoms with Crippen molar-refractivity contribution in [2.75, 3.05) is 19.8 Å². The summed E-state index contributed by atoms with van der Waals surface area (Å²) in [5.74, 6) is -0.395. The zero-order chi connectivity index (χ0) is 25.6. The fraction of sp³-hybridized carbons (Fsp3) is 0.367. The van der Waals surface area contributed by atoms with Gasteiger partial charge in [0, 0.05) is 25.3 Å². The number of esters is 1. The fourth-order valence-corrected chi connectivity index (χ4v) is 3.90. The van der Waals surface area contributed by atoms with Gasteiger partial charge in [-0.2, -0.15) is 0 Å². The van der Waals surface area contributed by atoms with Crippen molar-refractivity contribution in [3.63, 3.8) is 0 Å². The summed E-state index contributed by atoms with van der Waals surface area (Å²) in [6, 6.07) is 23.7. The van der Waals surface area contributed by atoms with Crippen molar-refractivity contribution in [1.82, 2.24) is 5.32 Å². The Kier molecular flexibility index (Phi) is 11.4. The van der Waals surface area contributed by atoms with Crippen molar-refractivity contribution < 1.29 is 24.5 Å². The fourth-order valence-electron chi connectivity index (χ4n) is 3.90. The van der Waals surface area contributed by atoms with Gasteiger partial charge in [0.1, 0.15) is 11.5 Å². The number of unbranched alkanes of at least 4 members (excludes halogenated alkanes) is 2. The number of phenols is 1. The molecule has 0 spiro atoms. The Bertz CT molecular complexity index is 1040. The highest BCUT2D eigenvalue weighted by molar-refractivity contribution is 5.91. The lowest BCUT2D eigenvalue weighted by atomic mass is 10.1.